The molecule has 2 amide bonds. The van der Waals surface area contributed by atoms with Gasteiger partial charge in [-0.1, -0.05) is 0 Å². The van der Waals surface area contributed by atoms with E-state index in [1.165, 1.54) is 0 Å². The maximum Gasteiger partial charge on any atom is 0.225 e. The second-order valence-corrected chi connectivity index (χ2v) is 4.68. The molecule has 5 nitrogen and oxygen atoms in total. The molecule has 84 valence electrons. The van der Waals surface area contributed by atoms with Crippen LogP contribution in [0.4, 0.5) is 0 Å². The van der Waals surface area contributed by atoms with Crippen LogP contribution in [-0.2, 0) is 9.59 Å². The Morgan fingerprint density at radius 3 is 2.93 bits per heavy atom. The van der Waals surface area contributed by atoms with Crippen molar-refractivity contribution < 1.29 is 9.59 Å². The predicted molar refractivity (Wildman–Crippen MR) is 55.2 cm³/mol. The zero-order valence-electron chi connectivity index (χ0n) is 8.93. The van der Waals surface area contributed by atoms with Crippen molar-refractivity contribution in [1.29, 1.82) is 0 Å². The monoisotopic (exact) mass is 211 g/mol. The maximum absolute atomic E-state index is 11.8. The molecule has 2 aliphatic heterocycles. The number of amides is 2. The maximum atomic E-state index is 11.8. The first-order valence-electron chi connectivity index (χ1n) is 5.38. The van der Waals surface area contributed by atoms with Crippen LogP contribution < -0.4 is 16.0 Å². The summed E-state index contributed by atoms with van der Waals surface area (Å²) in [5.74, 6) is -0.209. The van der Waals surface area contributed by atoms with E-state index in [1.807, 2.05) is 6.92 Å². The largest absolute Gasteiger partial charge is 0.355 e. The number of carbonyl (C=O) groups excluding carboxylic acids is 2. The molecular formula is C10H17N3O2. The summed E-state index contributed by atoms with van der Waals surface area (Å²) >= 11 is 0. The molecule has 2 heterocycles. The minimum Gasteiger partial charge on any atom is -0.355 e. The fourth-order valence-electron chi connectivity index (χ4n) is 2.11. The standard InChI is InChI=1S/C10H17N3O2/c1-10(2-3-11-6-10)13-9(15)7-4-8(14)12-5-7/h7,11H,2-6H2,1H3,(H,12,14)(H,13,15). The van der Waals surface area contributed by atoms with Gasteiger partial charge in [-0.05, 0) is 19.9 Å². The van der Waals surface area contributed by atoms with Gasteiger partial charge in [-0.15, -0.1) is 0 Å². The second-order valence-electron chi connectivity index (χ2n) is 4.68. The van der Waals surface area contributed by atoms with Gasteiger partial charge in [0.2, 0.25) is 11.8 Å². The number of rotatable bonds is 2. The highest BCUT2D eigenvalue weighted by atomic mass is 16.2. The first kappa shape index (κ1) is 10.4. The van der Waals surface area contributed by atoms with Crippen LogP contribution in [0, 0.1) is 5.92 Å². The van der Waals surface area contributed by atoms with Crippen LogP contribution in [0.25, 0.3) is 0 Å². The summed E-state index contributed by atoms with van der Waals surface area (Å²) in [6.07, 6.45) is 1.28. The third-order valence-corrected chi connectivity index (χ3v) is 3.14. The predicted octanol–water partition coefficient (Wildman–Crippen LogP) is -1.01. The van der Waals surface area contributed by atoms with Gasteiger partial charge < -0.3 is 16.0 Å². The molecule has 0 aromatic carbocycles. The lowest BCUT2D eigenvalue weighted by Gasteiger charge is -2.25. The van der Waals surface area contributed by atoms with Gasteiger partial charge in [0, 0.05) is 19.5 Å². The molecule has 5 heteroatoms. The molecule has 0 aliphatic carbocycles. The van der Waals surface area contributed by atoms with Gasteiger partial charge in [0.05, 0.1) is 11.5 Å². The van der Waals surface area contributed by atoms with E-state index in [-0.39, 0.29) is 23.3 Å². The number of nitrogens with one attached hydrogen (secondary N) is 3. The van der Waals surface area contributed by atoms with Crippen LogP contribution in [-0.4, -0.2) is 37.0 Å². The van der Waals surface area contributed by atoms with Crippen LogP contribution >= 0.6 is 0 Å². The van der Waals surface area contributed by atoms with Gasteiger partial charge in [-0.3, -0.25) is 9.59 Å². The zero-order chi connectivity index (χ0) is 10.9. The van der Waals surface area contributed by atoms with E-state index in [4.69, 9.17) is 0 Å². The molecule has 2 aliphatic rings. The molecule has 0 aromatic heterocycles. The fraction of sp³-hybridized carbons (Fsp3) is 0.800. The minimum absolute atomic E-state index is 0.000417. The smallest absolute Gasteiger partial charge is 0.225 e. The van der Waals surface area contributed by atoms with E-state index >= 15 is 0 Å². The van der Waals surface area contributed by atoms with E-state index < -0.39 is 0 Å². The van der Waals surface area contributed by atoms with Crippen molar-refractivity contribution in [2.24, 2.45) is 5.92 Å². The molecular weight excluding hydrogens is 194 g/mol. The van der Waals surface area contributed by atoms with Crippen LogP contribution in [0.1, 0.15) is 19.8 Å². The highest BCUT2D eigenvalue weighted by Gasteiger charge is 2.34. The molecule has 0 saturated carbocycles. The SMILES string of the molecule is CC1(NC(=O)C2CNC(=O)C2)CCNC1. The number of hydrogen-bond donors (Lipinski definition) is 3. The summed E-state index contributed by atoms with van der Waals surface area (Å²) in [6.45, 7) is 4.27. The van der Waals surface area contributed by atoms with Crippen molar-refractivity contribution in [1.82, 2.24) is 16.0 Å². The summed E-state index contributed by atoms with van der Waals surface area (Å²) < 4.78 is 0. The fourth-order valence-corrected chi connectivity index (χ4v) is 2.11. The average molecular weight is 211 g/mol. The van der Waals surface area contributed by atoms with Crippen molar-refractivity contribution >= 4 is 11.8 Å². The Labute approximate surface area is 89.0 Å². The topological polar surface area (TPSA) is 70.2 Å². The Morgan fingerprint density at radius 1 is 1.60 bits per heavy atom. The van der Waals surface area contributed by atoms with E-state index in [2.05, 4.69) is 16.0 Å². The summed E-state index contributed by atoms with van der Waals surface area (Å²) in [5, 5.41) is 8.92. The third kappa shape index (κ3) is 2.28. The summed E-state index contributed by atoms with van der Waals surface area (Å²) in [5.41, 5.74) is -0.136. The van der Waals surface area contributed by atoms with Crippen LogP contribution in [0.2, 0.25) is 0 Å². The quantitative estimate of drug-likeness (QED) is 0.548. The zero-order valence-corrected chi connectivity index (χ0v) is 8.93. The van der Waals surface area contributed by atoms with E-state index in [9.17, 15) is 9.59 Å². The second kappa shape index (κ2) is 3.81. The van der Waals surface area contributed by atoms with Crippen molar-refractivity contribution in [3.63, 3.8) is 0 Å². The summed E-state index contributed by atoms with van der Waals surface area (Å²) in [4.78, 5) is 22.8. The van der Waals surface area contributed by atoms with Crippen molar-refractivity contribution in [2.75, 3.05) is 19.6 Å². The highest BCUT2D eigenvalue weighted by Crippen LogP contribution is 2.16. The van der Waals surface area contributed by atoms with Gasteiger partial charge in [-0.2, -0.15) is 0 Å². The van der Waals surface area contributed by atoms with Gasteiger partial charge in [0.15, 0.2) is 0 Å². The molecule has 0 spiro atoms. The molecule has 2 unspecified atom stereocenters. The lowest BCUT2D eigenvalue weighted by molar-refractivity contribution is -0.127. The van der Waals surface area contributed by atoms with E-state index in [1.54, 1.807) is 0 Å². The van der Waals surface area contributed by atoms with Crippen LogP contribution in [0.15, 0.2) is 0 Å². The molecule has 2 fully saturated rings. The normalized spacial score (nSPS) is 35.3. The number of hydrogen-bond acceptors (Lipinski definition) is 3. The van der Waals surface area contributed by atoms with Crippen LogP contribution in [0.5, 0.6) is 0 Å². The first-order chi connectivity index (χ1) is 7.09. The Bertz CT molecular complexity index is 284. The Morgan fingerprint density at radius 2 is 2.40 bits per heavy atom. The van der Waals surface area contributed by atoms with Crippen LogP contribution in [0.3, 0.4) is 0 Å². The Hall–Kier alpha value is -1.10. The first-order valence-corrected chi connectivity index (χ1v) is 5.38. The minimum atomic E-state index is -0.185. The van der Waals surface area contributed by atoms with Gasteiger partial charge in [-0.25, -0.2) is 0 Å². The lowest BCUT2D eigenvalue weighted by Crippen LogP contribution is -2.49. The molecule has 2 atom stereocenters. The van der Waals surface area contributed by atoms with E-state index in [0.29, 0.717) is 13.0 Å². The van der Waals surface area contributed by atoms with Crippen molar-refractivity contribution in [3.8, 4) is 0 Å². The molecule has 0 radical (unpaired) electrons. The Balaban J connectivity index is 1.89. The highest BCUT2D eigenvalue weighted by molar-refractivity contribution is 5.89. The van der Waals surface area contributed by atoms with E-state index in [0.717, 1.165) is 19.5 Å². The van der Waals surface area contributed by atoms with Crippen molar-refractivity contribution in [2.45, 2.75) is 25.3 Å². The summed E-state index contributed by atoms with van der Waals surface area (Å²) in [7, 11) is 0. The average Bonchev–Trinajstić information content (AvgIpc) is 2.75. The molecule has 3 N–H and O–H groups in total. The lowest BCUT2D eigenvalue weighted by atomic mass is 9.99. The van der Waals surface area contributed by atoms with Crippen molar-refractivity contribution in [3.05, 3.63) is 0 Å². The molecule has 2 saturated heterocycles. The molecule has 0 bridgehead atoms. The molecule has 15 heavy (non-hydrogen) atoms. The van der Waals surface area contributed by atoms with Gasteiger partial charge in [0.25, 0.3) is 0 Å². The van der Waals surface area contributed by atoms with Gasteiger partial charge >= 0.3 is 0 Å². The molecule has 2 rings (SSSR count). The van der Waals surface area contributed by atoms with Gasteiger partial charge in [0.1, 0.15) is 0 Å². The Kier molecular flexibility index (Phi) is 2.65. The number of carbonyl (C=O) groups is 2. The molecule has 0 aromatic rings. The third-order valence-electron chi connectivity index (χ3n) is 3.14. The summed E-state index contributed by atoms with van der Waals surface area (Å²) in [6, 6.07) is 0.